The standard InChI is InChI=1S/C24H32FN3O5.C2HF3O2/c1-16-26-23(33-27-16)5-3-2-4-20(29)12-18(14-28-9-8-19(25)15-28)24(30)17-6-7-21-22(13-17)32-11-10-31-21;3-2(4,5)1(6)7/h6-7,13,18-19,24,30H,2-5,8-12,14-15H2,1H3;(H,6,7)/t18-,19-,24-;/m1./s1. The summed E-state index contributed by atoms with van der Waals surface area (Å²) in [6.07, 6.45) is -3.50. The minimum atomic E-state index is -5.08. The summed E-state index contributed by atoms with van der Waals surface area (Å²) in [6.45, 7) is 4.20. The molecule has 1 saturated heterocycles. The lowest BCUT2D eigenvalue weighted by atomic mass is 9.89. The number of rotatable bonds is 11. The number of aromatic nitrogens is 2. The van der Waals surface area contributed by atoms with Gasteiger partial charge in [-0.05, 0) is 43.9 Å². The second-order valence-corrected chi connectivity index (χ2v) is 9.74. The highest BCUT2D eigenvalue weighted by molar-refractivity contribution is 5.78. The molecule has 0 aliphatic carbocycles. The number of halogens is 4. The predicted molar refractivity (Wildman–Crippen MR) is 132 cm³/mol. The quantitative estimate of drug-likeness (QED) is 0.301. The lowest BCUT2D eigenvalue weighted by Crippen LogP contribution is -2.32. The second-order valence-electron chi connectivity index (χ2n) is 9.74. The molecule has 3 atom stereocenters. The van der Waals surface area contributed by atoms with Gasteiger partial charge in [0.2, 0.25) is 5.89 Å². The van der Waals surface area contributed by atoms with Crippen LogP contribution in [-0.2, 0) is 16.0 Å². The normalized spacial score (nSPS) is 18.5. The van der Waals surface area contributed by atoms with Crippen LogP contribution in [0.25, 0.3) is 0 Å². The maximum Gasteiger partial charge on any atom is 0.490 e. The molecular formula is C26H33F4N3O7. The summed E-state index contributed by atoms with van der Waals surface area (Å²) in [5.74, 6) is -0.549. The highest BCUT2D eigenvalue weighted by Gasteiger charge is 2.38. The molecule has 1 aromatic carbocycles. The number of alkyl halides is 4. The molecule has 3 heterocycles. The van der Waals surface area contributed by atoms with E-state index in [1.165, 1.54) is 0 Å². The maximum absolute atomic E-state index is 13.7. The van der Waals surface area contributed by atoms with Gasteiger partial charge in [0.15, 0.2) is 17.3 Å². The van der Waals surface area contributed by atoms with Crippen LogP contribution in [0.1, 0.15) is 55.5 Å². The van der Waals surface area contributed by atoms with Gasteiger partial charge in [0, 0.05) is 44.8 Å². The van der Waals surface area contributed by atoms with Crippen molar-refractivity contribution in [1.82, 2.24) is 15.0 Å². The molecule has 4 rings (SSSR count). The molecule has 0 spiro atoms. The Morgan fingerprint density at radius 1 is 1.18 bits per heavy atom. The van der Waals surface area contributed by atoms with Gasteiger partial charge >= 0.3 is 12.1 Å². The molecule has 0 radical (unpaired) electrons. The van der Waals surface area contributed by atoms with Crippen molar-refractivity contribution in [2.24, 2.45) is 5.92 Å². The van der Waals surface area contributed by atoms with E-state index in [1.54, 1.807) is 19.1 Å². The highest BCUT2D eigenvalue weighted by atomic mass is 19.4. The monoisotopic (exact) mass is 575 g/mol. The van der Waals surface area contributed by atoms with E-state index >= 15 is 0 Å². The molecule has 40 heavy (non-hydrogen) atoms. The van der Waals surface area contributed by atoms with Crippen LogP contribution in [0.4, 0.5) is 17.6 Å². The van der Waals surface area contributed by atoms with Gasteiger partial charge in [0.05, 0.1) is 6.10 Å². The molecule has 2 N–H and O–H groups in total. The molecule has 2 aliphatic rings. The SMILES string of the molecule is Cc1noc(CCCCC(=O)C[C@H](CN2CC[C@@H](F)C2)[C@H](O)c2ccc3c(c2)OCCO3)n1.O=C(O)C(F)(F)F. The van der Waals surface area contributed by atoms with Gasteiger partial charge in [0.1, 0.15) is 25.2 Å². The van der Waals surface area contributed by atoms with Crippen molar-refractivity contribution in [1.29, 1.82) is 0 Å². The van der Waals surface area contributed by atoms with Crippen LogP contribution >= 0.6 is 0 Å². The van der Waals surface area contributed by atoms with Gasteiger partial charge in [-0.25, -0.2) is 9.18 Å². The van der Waals surface area contributed by atoms with Crippen LogP contribution in [0.3, 0.4) is 0 Å². The summed E-state index contributed by atoms with van der Waals surface area (Å²) in [6, 6.07) is 5.38. The molecule has 0 amide bonds. The number of likely N-dealkylation sites (tertiary alicyclic amines) is 1. The van der Waals surface area contributed by atoms with E-state index in [9.17, 15) is 27.5 Å². The number of hydrogen-bond donors (Lipinski definition) is 2. The number of ketones is 1. The summed E-state index contributed by atoms with van der Waals surface area (Å²) in [5, 5.41) is 22.1. The lowest BCUT2D eigenvalue weighted by molar-refractivity contribution is -0.192. The molecule has 0 unspecified atom stereocenters. The number of benzene rings is 1. The summed E-state index contributed by atoms with van der Waals surface area (Å²) in [7, 11) is 0. The van der Waals surface area contributed by atoms with Crippen LogP contribution in [0.5, 0.6) is 11.5 Å². The minimum Gasteiger partial charge on any atom is -0.486 e. The number of hydrogen-bond acceptors (Lipinski definition) is 9. The van der Waals surface area contributed by atoms with E-state index in [2.05, 4.69) is 10.1 Å². The van der Waals surface area contributed by atoms with Crippen molar-refractivity contribution >= 4 is 11.8 Å². The van der Waals surface area contributed by atoms with Gasteiger partial charge in [-0.15, -0.1) is 0 Å². The number of aliphatic hydroxyl groups is 1. The predicted octanol–water partition coefficient (Wildman–Crippen LogP) is 3.85. The maximum atomic E-state index is 13.7. The van der Waals surface area contributed by atoms with Crippen LogP contribution in [0, 0.1) is 12.8 Å². The number of Topliss-reactive ketones (excluding diaryl/α,β-unsaturated/α-hetero) is 1. The Hall–Kier alpha value is -3.26. The third-order valence-corrected chi connectivity index (χ3v) is 6.46. The molecule has 2 aliphatic heterocycles. The van der Waals surface area contributed by atoms with Crippen molar-refractivity contribution in [2.45, 2.75) is 63.9 Å². The number of aryl methyl sites for hydroxylation is 2. The Bertz CT molecular complexity index is 1130. The number of aliphatic carboxylic acids is 1. The first-order valence-corrected chi connectivity index (χ1v) is 13.0. The Labute approximate surface area is 228 Å². The smallest absolute Gasteiger partial charge is 0.486 e. The first kappa shape index (κ1) is 31.3. The van der Waals surface area contributed by atoms with Crippen LogP contribution in [-0.4, -0.2) is 82.2 Å². The highest BCUT2D eigenvalue weighted by Crippen LogP contribution is 2.36. The third-order valence-electron chi connectivity index (χ3n) is 6.46. The number of nitrogens with zero attached hydrogens (tertiary/aromatic N) is 3. The number of unbranched alkanes of at least 4 members (excludes halogenated alkanes) is 1. The zero-order valence-corrected chi connectivity index (χ0v) is 22.0. The van der Waals surface area contributed by atoms with Crippen molar-refractivity contribution in [2.75, 3.05) is 32.8 Å². The number of aliphatic hydroxyl groups excluding tert-OH is 1. The van der Waals surface area contributed by atoms with E-state index in [4.69, 9.17) is 23.9 Å². The van der Waals surface area contributed by atoms with Gasteiger partial charge in [-0.1, -0.05) is 11.2 Å². The number of fused-ring (bicyclic) bond motifs is 1. The summed E-state index contributed by atoms with van der Waals surface area (Å²) >= 11 is 0. The van der Waals surface area contributed by atoms with Gasteiger partial charge < -0.3 is 24.2 Å². The van der Waals surface area contributed by atoms with Crippen molar-refractivity contribution in [3.8, 4) is 11.5 Å². The fourth-order valence-electron chi connectivity index (χ4n) is 4.51. The zero-order valence-electron chi connectivity index (χ0n) is 22.0. The Balaban J connectivity index is 0.000000559. The Morgan fingerprint density at radius 3 is 2.48 bits per heavy atom. The molecular weight excluding hydrogens is 542 g/mol. The van der Waals surface area contributed by atoms with Crippen LogP contribution in [0.2, 0.25) is 0 Å². The van der Waals surface area contributed by atoms with Crippen LogP contribution < -0.4 is 9.47 Å². The van der Waals surface area contributed by atoms with Gasteiger partial charge in [0.25, 0.3) is 0 Å². The van der Waals surface area contributed by atoms with E-state index in [0.717, 1.165) is 6.42 Å². The Kier molecular flexibility index (Phi) is 11.3. The van der Waals surface area contributed by atoms with E-state index in [0.29, 0.717) is 87.3 Å². The molecule has 1 fully saturated rings. The van der Waals surface area contributed by atoms with E-state index < -0.39 is 24.4 Å². The molecule has 0 bridgehead atoms. The fourth-order valence-corrected chi connectivity index (χ4v) is 4.51. The van der Waals surface area contributed by atoms with E-state index in [1.807, 2.05) is 11.0 Å². The first-order chi connectivity index (χ1) is 18.9. The average molecular weight is 576 g/mol. The number of carboxylic acids is 1. The minimum absolute atomic E-state index is 0.0919. The fraction of sp³-hybridized carbons (Fsp3) is 0.615. The molecule has 222 valence electrons. The number of carbonyl (C=O) groups is 2. The van der Waals surface area contributed by atoms with Gasteiger partial charge in [-0.2, -0.15) is 18.2 Å². The number of carboxylic acid groups (broad SMARTS) is 1. The second kappa shape index (κ2) is 14.4. The van der Waals surface area contributed by atoms with Crippen molar-refractivity contribution < 1.29 is 51.4 Å². The Morgan fingerprint density at radius 2 is 1.88 bits per heavy atom. The molecule has 0 saturated carbocycles. The topological polar surface area (TPSA) is 135 Å². The molecule has 14 heteroatoms. The summed E-state index contributed by atoms with van der Waals surface area (Å²) in [4.78, 5) is 27.8. The lowest BCUT2D eigenvalue weighted by Gasteiger charge is -2.28. The average Bonchev–Trinajstić information content (AvgIpc) is 3.52. The van der Waals surface area contributed by atoms with Crippen LogP contribution in [0.15, 0.2) is 22.7 Å². The molecule has 10 nitrogen and oxygen atoms in total. The number of ether oxygens (including phenoxy) is 2. The van der Waals surface area contributed by atoms with Crippen molar-refractivity contribution in [3.63, 3.8) is 0 Å². The largest absolute Gasteiger partial charge is 0.490 e. The first-order valence-electron chi connectivity index (χ1n) is 13.0. The zero-order chi connectivity index (χ0) is 29.3. The molecule has 2 aromatic rings. The number of carbonyl (C=O) groups excluding carboxylic acids is 1. The third kappa shape index (κ3) is 9.73. The van der Waals surface area contributed by atoms with E-state index in [-0.39, 0.29) is 18.1 Å². The molecule has 1 aromatic heterocycles. The van der Waals surface area contributed by atoms with Gasteiger partial charge in [-0.3, -0.25) is 9.69 Å². The van der Waals surface area contributed by atoms with Crippen molar-refractivity contribution in [3.05, 3.63) is 35.5 Å². The summed E-state index contributed by atoms with van der Waals surface area (Å²) < 4.78 is 61.8. The summed E-state index contributed by atoms with van der Waals surface area (Å²) in [5.41, 5.74) is 0.680.